The Hall–Kier alpha value is 0.260. The molecule has 0 amide bonds. The van der Waals surface area contributed by atoms with Crippen LogP contribution in [0.2, 0.25) is 0 Å². The number of nitrogens with zero attached hydrogens (tertiary/aromatic N) is 2. The summed E-state index contributed by atoms with van der Waals surface area (Å²) in [7, 11) is 11.6. The van der Waals surface area contributed by atoms with E-state index in [1.54, 1.807) is 0 Å². The summed E-state index contributed by atoms with van der Waals surface area (Å²) >= 11 is 0. The van der Waals surface area contributed by atoms with E-state index in [1.165, 1.54) is 140 Å². The second-order valence-electron chi connectivity index (χ2n) is 13.6. The molecule has 0 saturated carbocycles. The molecule has 0 heterocycles. The van der Waals surface area contributed by atoms with Crippen LogP contribution in [0, 0.1) is 0 Å². The summed E-state index contributed by atoms with van der Waals surface area (Å²) in [4.78, 5) is 29.2. The van der Waals surface area contributed by atoms with E-state index < -0.39 is 0 Å². The van der Waals surface area contributed by atoms with Crippen LogP contribution in [-0.2, 0) is 19.1 Å². The van der Waals surface area contributed by atoms with Gasteiger partial charge in [-0.25, -0.2) is 0 Å². The average molecular weight is 767 g/mol. The van der Waals surface area contributed by atoms with Gasteiger partial charge in [-0.05, 0) is 46.4 Å². The Morgan fingerprint density at radius 1 is 0.429 bits per heavy atom. The molecule has 0 aromatic rings. The maximum atomic E-state index is 12.4. The van der Waals surface area contributed by atoms with Crippen molar-refractivity contribution in [3.63, 3.8) is 0 Å². The zero-order valence-electron chi connectivity index (χ0n) is 32.5. The van der Waals surface area contributed by atoms with Gasteiger partial charge < -0.3 is 19.3 Å². The van der Waals surface area contributed by atoms with Crippen molar-refractivity contribution in [3.05, 3.63) is 0 Å². The van der Waals surface area contributed by atoms with Gasteiger partial charge in [0.2, 0.25) is 0 Å². The second-order valence-corrected chi connectivity index (χ2v) is 19.0. The normalized spacial score (nSPS) is 11.6. The van der Waals surface area contributed by atoms with E-state index in [9.17, 15) is 9.59 Å². The first-order valence-electron chi connectivity index (χ1n) is 20.2. The minimum Gasteiger partial charge on any atom is -0.465 e. The molecule has 6 nitrogen and oxygen atoms in total. The number of hydrogen-bond acceptors (Lipinski definition) is 10. The summed E-state index contributed by atoms with van der Waals surface area (Å²) in [6, 6.07) is 0. The van der Waals surface area contributed by atoms with Crippen LogP contribution in [-0.4, -0.2) is 98.2 Å². The van der Waals surface area contributed by atoms with Gasteiger partial charge in [-0.1, -0.05) is 173 Å². The molecule has 0 fully saturated rings. The van der Waals surface area contributed by atoms with Gasteiger partial charge in [0.05, 0.1) is 12.8 Å². The van der Waals surface area contributed by atoms with Crippen LogP contribution < -0.4 is 0 Å². The first kappa shape index (κ1) is 49.3. The summed E-state index contributed by atoms with van der Waals surface area (Å²) in [6.07, 6.45) is 29.1. The molecule has 0 aromatic carbocycles. The quantitative estimate of drug-likeness (QED) is 0.0342. The van der Waals surface area contributed by atoms with Crippen molar-refractivity contribution in [2.75, 3.05) is 76.5 Å². The first-order chi connectivity index (χ1) is 24.0. The minimum absolute atomic E-state index is 0.146. The van der Waals surface area contributed by atoms with Crippen molar-refractivity contribution in [1.82, 2.24) is 9.80 Å². The van der Waals surface area contributed by atoms with Crippen LogP contribution in [0.25, 0.3) is 0 Å². The highest BCUT2D eigenvalue weighted by atomic mass is 33.1. The molecule has 0 radical (unpaired) electrons. The standard InChI is InChI=1S/C39H78N2O4S4/c1-5-7-9-11-13-15-17-19-21-23-34-46-48-36-32-44-38(42)26-30-41(29-25-28-40(3)4)31-27-39(43)45-33-37-49-47-35-24-22-20-18-16-14-12-10-8-6-2/h5-37H2,1-4H3. The average Bonchev–Trinajstić information content (AvgIpc) is 3.09. The molecule has 0 bridgehead atoms. The van der Waals surface area contributed by atoms with Crippen LogP contribution in [0.5, 0.6) is 0 Å². The number of unbranched alkanes of at least 4 members (excludes halogenated alkanes) is 18. The Balaban J connectivity index is 3.83. The largest absolute Gasteiger partial charge is 0.465 e. The van der Waals surface area contributed by atoms with Crippen molar-refractivity contribution in [3.8, 4) is 0 Å². The number of rotatable bonds is 40. The fourth-order valence-corrected chi connectivity index (χ4v) is 9.45. The Morgan fingerprint density at radius 2 is 0.776 bits per heavy atom. The third-order valence-corrected chi connectivity index (χ3v) is 13.4. The summed E-state index contributed by atoms with van der Waals surface area (Å²) < 4.78 is 11.0. The minimum atomic E-state index is -0.146. The molecule has 292 valence electrons. The van der Waals surface area contributed by atoms with E-state index in [1.807, 2.05) is 43.2 Å². The zero-order chi connectivity index (χ0) is 35.9. The van der Waals surface area contributed by atoms with Crippen molar-refractivity contribution in [2.45, 2.75) is 162 Å². The molecule has 49 heavy (non-hydrogen) atoms. The molecule has 0 aliphatic heterocycles. The molecule has 0 N–H and O–H groups in total. The third kappa shape index (κ3) is 40.9. The van der Waals surface area contributed by atoms with Crippen molar-refractivity contribution < 1.29 is 19.1 Å². The van der Waals surface area contributed by atoms with Crippen molar-refractivity contribution in [1.29, 1.82) is 0 Å². The maximum absolute atomic E-state index is 12.4. The number of carbonyl (C=O) groups excluding carboxylic acids is 2. The Bertz CT molecular complexity index is 656. The topological polar surface area (TPSA) is 59.1 Å². The summed E-state index contributed by atoms with van der Waals surface area (Å²) in [5.74, 6) is 3.74. The molecular formula is C39H78N2O4S4. The lowest BCUT2D eigenvalue weighted by Crippen LogP contribution is -2.32. The van der Waals surface area contributed by atoms with Crippen LogP contribution in [0.3, 0.4) is 0 Å². The predicted molar refractivity (Wildman–Crippen MR) is 224 cm³/mol. The van der Waals surface area contributed by atoms with Gasteiger partial charge >= 0.3 is 11.9 Å². The van der Waals surface area contributed by atoms with Gasteiger partial charge in [-0.3, -0.25) is 9.59 Å². The van der Waals surface area contributed by atoms with E-state index in [0.717, 1.165) is 31.0 Å². The lowest BCUT2D eigenvalue weighted by atomic mass is 10.1. The summed E-state index contributed by atoms with van der Waals surface area (Å²) in [5.41, 5.74) is 0. The predicted octanol–water partition coefficient (Wildman–Crippen LogP) is 11.7. The lowest BCUT2D eigenvalue weighted by Gasteiger charge is -2.22. The molecule has 0 rings (SSSR count). The molecule has 0 atom stereocenters. The molecular weight excluding hydrogens is 689 g/mol. The second kappa shape index (κ2) is 41.0. The third-order valence-electron chi connectivity index (χ3n) is 8.53. The highest BCUT2D eigenvalue weighted by Gasteiger charge is 2.13. The first-order valence-corrected chi connectivity index (χ1v) is 25.1. The fraction of sp³-hybridized carbons (Fsp3) is 0.949. The van der Waals surface area contributed by atoms with Crippen molar-refractivity contribution in [2.24, 2.45) is 0 Å². The number of ether oxygens (including phenoxy) is 2. The van der Waals surface area contributed by atoms with Gasteiger partial charge in [0.1, 0.15) is 13.2 Å². The molecule has 0 aliphatic carbocycles. The smallest absolute Gasteiger partial charge is 0.307 e. The SMILES string of the molecule is CCCCCCCCCCCCSSCCOC(=O)CCN(CCCN(C)C)CCC(=O)OCCSSCCCCCCCCCCCC. The van der Waals surface area contributed by atoms with E-state index in [-0.39, 0.29) is 11.9 Å². The number of esters is 2. The van der Waals surface area contributed by atoms with Gasteiger partial charge in [0.15, 0.2) is 0 Å². The van der Waals surface area contributed by atoms with Gasteiger partial charge in [0.25, 0.3) is 0 Å². The molecule has 0 saturated heterocycles. The molecule has 0 spiro atoms. The van der Waals surface area contributed by atoms with Crippen LogP contribution in [0.4, 0.5) is 0 Å². The van der Waals surface area contributed by atoms with E-state index in [0.29, 0.717) is 39.1 Å². The Morgan fingerprint density at radius 3 is 1.14 bits per heavy atom. The van der Waals surface area contributed by atoms with Crippen LogP contribution >= 0.6 is 43.2 Å². The highest BCUT2D eigenvalue weighted by molar-refractivity contribution is 8.77. The van der Waals surface area contributed by atoms with E-state index >= 15 is 0 Å². The number of carbonyl (C=O) groups is 2. The summed E-state index contributed by atoms with van der Waals surface area (Å²) in [6.45, 7) is 8.56. The molecule has 0 aliphatic rings. The van der Waals surface area contributed by atoms with Gasteiger partial charge in [-0.2, -0.15) is 0 Å². The van der Waals surface area contributed by atoms with Gasteiger partial charge in [-0.15, -0.1) is 0 Å². The Labute approximate surface area is 320 Å². The van der Waals surface area contributed by atoms with Crippen LogP contribution in [0.1, 0.15) is 162 Å². The highest BCUT2D eigenvalue weighted by Crippen LogP contribution is 2.24. The lowest BCUT2D eigenvalue weighted by molar-refractivity contribution is -0.143. The van der Waals surface area contributed by atoms with Gasteiger partial charge in [0, 0.05) is 36.1 Å². The summed E-state index contributed by atoms with van der Waals surface area (Å²) in [5, 5.41) is 0. The number of hydrogen-bond donors (Lipinski definition) is 0. The Kier molecular flexibility index (Phi) is 41.2. The molecule has 0 aromatic heterocycles. The van der Waals surface area contributed by atoms with Crippen LogP contribution in [0.15, 0.2) is 0 Å². The van der Waals surface area contributed by atoms with E-state index in [2.05, 4.69) is 37.7 Å². The molecule has 0 unspecified atom stereocenters. The molecule has 10 heteroatoms. The zero-order valence-corrected chi connectivity index (χ0v) is 35.8. The monoisotopic (exact) mass is 766 g/mol. The van der Waals surface area contributed by atoms with E-state index in [4.69, 9.17) is 9.47 Å². The van der Waals surface area contributed by atoms with Crippen molar-refractivity contribution >= 4 is 55.1 Å². The maximum Gasteiger partial charge on any atom is 0.307 e. The fourth-order valence-electron chi connectivity index (χ4n) is 5.50.